The fourth-order valence-corrected chi connectivity index (χ4v) is 17.3. The Morgan fingerprint density at radius 1 is 0.638 bits per heavy atom. The molecule has 28 heteroatoms. The SMILES string of the molecule is CCN(CC)c1ccc2nc3ccc(N=Nc4ccc(N(C)CCCC(=O)NCCNC(=O)[C@H](CCNC(=O)CCCCCN5\C(=C/C=C/C=C/C=C/C6N(CC)c7ccc(S(=O)(=O)O)cc7C6(C)C)C(C)(C)c6cc(S(=O)(=O)O)ccc65)NC(=O)[C@H](CC5CCCCC5)NC(=O)N5CCOCC5)cc4)cc3[n+](-c3ccccc3)c2c1. The number of aromatic nitrogens is 2. The van der Waals surface area contributed by atoms with Crippen molar-refractivity contribution in [1.29, 1.82) is 0 Å². The molecule has 0 bridgehead atoms. The predicted molar refractivity (Wildman–Crippen MR) is 456 cm³/mol. The van der Waals surface area contributed by atoms with Crippen molar-refractivity contribution in [3.05, 3.63) is 187 Å². The first-order chi connectivity index (χ1) is 55.7. The zero-order valence-electron chi connectivity index (χ0n) is 68.0. The maximum atomic E-state index is 14.5. The average Bonchev–Trinajstić information content (AvgIpc) is 1.61. The molecule has 0 radical (unpaired) electrons. The summed E-state index contributed by atoms with van der Waals surface area (Å²) in [6.45, 7) is 19.8. The van der Waals surface area contributed by atoms with E-state index >= 15 is 0 Å². The second-order valence-electron chi connectivity index (χ2n) is 31.3. The van der Waals surface area contributed by atoms with Crippen molar-refractivity contribution in [1.82, 2.24) is 36.5 Å². The van der Waals surface area contributed by atoms with Crippen LogP contribution in [-0.2, 0) is 55.0 Å². The van der Waals surface area contributed by atoms with Crippen LogP contribution in [0.25, 0.3) is 27.8 Å². The number of fused-ring (bicyclic) bond motifs is 4. The first-order valence-corrected chi connectivity index (χ1v) is 43.6. The topological polar surface area (TPSA) is 321 Å². The molecule has 11 rings (SSSR count). The number of likely N-dealkylation sites (N-methyl/N-ethyl adjacent to an activating group) is 1. The van der Waals surface area contributed by atoms with Crippen molar-refractivity contribution in [2.75, 3.05) is 105 Å². The Labute approximate surface area is 682 Å². The molecule has 7 aromatic rings. The Balaban J connectivity index is 0.667. The van der Waals surface area contributed by atoms with Crippen LogP contribution in [0.1, 0.15) is 143 Å². The van der Waals surface area contributed by atoms with Gasteiger partial charge in [-0.2, -0.15) is 27.1 Å². The predicted octanol–water partition coefficient (Wildman–Crippen LogP) is 13.3. The molecule has 6 aromatic carbocycles. The number of azo groups is 1. The van der Waals surface area contributed by atoms with Gasteiger partial charge in [-0.1, -0.05) is 121 Å². The van der Waals surface area contributed by atoms with Crippen molar-refractivity contribution in [3.8, 4) is 5.69 Å². The summed E-state index contributed by atoms with van der Waals surface area (Å²) in [6.07, 6.45) is 21.8. The second kappa shape index (κ2) is 39.5. The first kappa shape index (κ1) is 86.5. The smallest absolute Gasteiger partial charge is 0.318 e. The maximum absolute atomic E-state index is 14.5. The average molecular weight is 1620 g/mol. The molecule has 2 fully saturated rings. The van der Waals surface area contributed by atoms with Crippen molar-refractivity contribution >= 4 is 106 Å². The highest BCUT2D eigenvalue weighted by Crippen LogP contribution is 2.49. The molecule has 0 spiro atoms. The lowest BCUT2D eigenvalue weighted by molar-refractivity contribution is -0.538. The second-order valence-corrected chi connectivity index (χ2v) is 34.1. The van der Waals surface area contributed by atoms with E-state index in [1.54, 1.807) is 23.1 Å². The minimum absolute atomic E-state index is 0.0367. The molecule has 1 saturated heterocycles. The Bertz CT molecular complexity index is 5040. The van der Waals surface area contributed by atoms with E-state index in [1.807, 2.05) is 139 Å². The highest BCUT2D eigenvalue weighted by atomic mass is 32.2. The highest BCUT2D eigenvalue weighted by Gasteiger charge is 2.44. The van der Waals surface area contributed by atoms with E-state index in [0.717, 1.165) is 113 Å². The van der Waals surface area contributed by atoms with Crippen LogP contribution >= 0.6 is 0 Å². The molecule has 1 unspecified atom stereocenters. The Morgan fingerprint density at radius 3 is 1.94 bits per heavy atom. The number of ether oxygens (including phenoxy) is 1. The van der Waals surface area contributed by atoms with Gasteiger partial charge in [-0.3, -0.25) is 28.3 Å². The van der Waals surface area contributed by atoms with E-state index in [1.165, 1.54) is 18.2 Å². The van der Waals surface area contributed by atoms with Crippen LogP contribution < -0.4 is 50.8 Å². The quantitative estimate of drug-likeness (QED) is 0.00479. The molecule has 7 N–H and O–H groups in total. The number of morpholine rings is 1. The molecule has 618 valence electrons. The van der Waals surface area contributed by atoms with E-state index in [-0.39, 0.29) is 78.5 Å². The van der Waals surface area contributed by atoms with Crippen molar-refractivity contribution in [2.24, 2.45) is 16.1 Å². The van der Waals surface area contributed by atoms with Crippen LogP contribution in [0.2, 0.25) is 0 Å². The van der Waals surface area contributed by atoms with Crippen molar-refractivity contribution in [2.45, 2.75) is 171 Å². The molecule has 4 heterocycles. The minimum Gasteiger partial charge on any atom is -0.378 e. The molecule has 3 aliphatic heterocycles. The molecule has 1 aromatic heterocycles. The number of rotatable bonds is 36. The van der Waals surface area contributed by atoms with E-state index in [9.17, 15) is 49.9 Å². The van der Waals surface area contributed by atoms with E-state index in [4.69, 9.17) is 9.72 Å². The van der Waals surface area contributed by atoms with Gasteiger partial charge in [0.25, 0.3) is 20.2 Å². The fourth-order valence-electron chi connectivity index (χ4n) is 16.3. The van der Waals surface area contributed by atoms with Gasteiger partial charge in [-0.05, 0) is 161 Å². The highest BCUT2D eigenvalue weighted by molar-refractivity contribution is 7.86. The molecular formula is C88H113N14O12S2+. The van der Waals surface area contributed by atoms with Gasteiger partial charge in [0, 0.05) is 149 Å². The zero-order valence-corrected chi connectivity index (χ0v) is 69.6. The van der Waals surface area contributed by atoms with Crippen LogP contribution in [0.3, 0.4) is 0 Å². The summed E-state index contributed by atoms with van der Waals surface area (Å²) < 4.78 is 76.4. The van der Waals surface area contributed by atoms with Crippen LogP contribution in [0.5, 0.6) is 0 Å². The number of amides is 6. The first-order valence-electron chi connectivity index (χ1n) is 40.7. The summed E-state index contributed by atoms with van der Waals surface area (Å²) in [6, 6.07) is 37.1. The third-order valence-electron chi connectivity index (χ3n) is 22.7. The largest absolute Gasteiger partial charge is 0.378 e. The van der Waals surface area contributed by atoms with Gasteiger partial charge in [0.1, 0.15) is 23.1 Å². The number of hydrogen-bond donors (Lipinski definition) is 7. The minimum atomic E-state index is -4.50. The van der Waals surface area contributed by atoms with E-state index in [2.05, 4.69) is 111 Å². The summed E-state index contributed by atoms with van der Waals surface area (Å²) >= 11 is 0. The van der Waals surface area contributed by atoms with Gasteiger partial charge in [0.2, 0.25) is 40.3 Å². The van der Waals surface area contributed by atoms with E-state index < -0.39 is 55.0 Å². The number of hydrogen-bond acceptors (Lipinski definition) is 17. The van der Waals surface area contributed by atoms with E-state index in [0.29, 0.717) is 89.4 Å². The Morgan fingerprint density at radius 2 is 1.25 bits per heavy atom. The molecule has 26 nitrogen and oxygen atoms in total. The lowest BCUT2D eigenvalue weighted by Crippen LogP contribution is -2.57. The molecule has 3 atom stereocenters. The van der Waals surface area contributed by atoms with Crippen LogP contribution in [0.15, 0.2) is 196 Å². The third-order valence-corrected chi connectivity index (χ3v) is 24.4. The number of para-hydroxylation sites is 1. The fraction of sp³-hybridized carbons (Fsp3) is 0.443. The number of allylic oxidation sites excluding steroid dienone is 7. The normalized spacial score (nSPS) is 17.2. The van der Waals surface area contributed by atoms with Gasteiger partial charge < -0.3 is 55.8 Å². The Kier molecular flexibility index (Phi) is 29.4. The van der Waals surface area contributed by atoms with Gasteiger partial charge in [-0.25, -0.2) is 9.78 Å². The zero-order chi connectivity index (χ0) is 82.7. The summed E-state index contributed by atoms with van der Waals surface area (Å²) in [7, 11) is -6.93. The molecule has 1 aliphatic carbocycles. The van der Waals surface area contributed by atoms with Crippen LogP contribution in [0, 0.1) is 5.92 Å². The lowest BCUT2D eigenvalue weighted by Gasteiger charge is -2.31. The maximum Gasteiger partial charge on any atom is 0.318 e. The number of nitrogens with zero attached hydrogens (tertiary/aromatic N) is 9. The molecule has 4 aliphatic rings. The molecule has 6 amide bonds. The number of anilines is 4. The molecular weight excluding hydrogens is 1510 g/mol. The lowest BCUT2D eigenvalue weighted by atomic mass is 9.80. The number of urea groups is 1. The van der Waals surface area contributed by atoms with Crippen LogP contribution in [0.4, 0.5) is 38.9 Å². The summed E-state index contributed by atoms with van der Waals surface area (Å²) in [5.74, 6) is -1.24. The summed E-state index contributed by atoms with van der Waals surface area (Å²) in [4.78, 5) is 84.2. The van der Waals surface area contributed by atoms with Crippen molar-refractivity contribution in [3.63, 3.8) is 0 Å². The van der Waals surface area contributed by atoms with Crippen molar-refractivity contribution < 1.29 is 59.2 Å². The van der Waals surface area contributed by atoms with Gasteiger partial charge in [0.15, 0.2) is 0 Å². The Hall–Kier alpha value is -10.4. The number of carbonyl (C=O) groups excluding carboxylic acids is 5. The third kappa shape index (κ3) is 21.8. The van der Waals surface area contributed by atoms with Gasteiger partial charge >= 0.3 is 6.03 Å². The molecule has 1 saturated carbocycles. The van der Waals surface area contributed by atoms with Crippen LogP contribution in [-0.4, -0.2) is 169 Å². The number of unbranched alkanes of at least 4 members (excludes halogenated alkanes) is 2. The molecule has 116 heavy (non-hydrogen) atoms. The van der Waals surface area contributed by atoms with Gasteiger partial charge in [-0.15, -0.1) is 4.57 Å². The standard InChI is InChI=1S/C88H112N14O12S2/c1-9-98(10-2)67-40-44-73-79(59-67)102(66-29-20-16-21-30-66)78-58-64(37-43-72(78)92-73)96-95-63-35-38-65(39-36-63)97(8)51-26-34-83(104)90-49-50-91-84(105)74(93-85(106)75(57-62-27-18-15-19-28-62)94-86(107)99-53-55-114-56-54-99)47-48-89-82(103)33-24-17-25-52-101-77-46-42-69(116(111,112)113)61-71(77)88(6,7)81(101)32-23-14-12-13-22-31-80-87(4,5)70-60-68(115(108,109)110)41-45-76(70)100(80)11-3/h12-14,16,20-23,29-32,35-46,58-62,74-75,80H,9-11,15,17-19,24-28,33-34,47-57H2,1-8H3,(H6-,89,90,91,93,94,103,104,105,106,107,108,109,110,111,112,113)/p+1/b13-12+,23-14+,31-22+,81-32-/t74-,75-,80?/m0/s1. The summed E-state index contributed by atoms with van der Waals surface area (Å²) in [5.41, 5.74) is 11.0. The number of nitrogens with one attached hydrogen (secondary N) is 5. The number of benzene rings is 6. The van der Waals surface area contributed by atoms with Gasteiger partial charge in [0.05, 0.1) is 40.4 Å². The number of carbonyl (C=O) groups is 5. The summed E-state index contributed by atoms with van der Waals surface area (Å²) in [5, 5.41) is 23.9. The monoisotopic (exact) mass is 1620 g/mol.